The molecule has 2 fully saturated rings. The van der Waals surface area contributed by atoms with Crippen molar-refractivity contribution in [2.75, 3.05) is 50.5 Å². The Hall–Kier alpha value is -2.91. The van der Waals surface area contributed by atoms with Crippen LogP contribution in [-0.4, -0.2) is 80.7 Å². The van der Waals surface area contributed by atoms with Crippen molar-refractivity contribution in [2.45, 2.75) is 38.0 Å². The zero-order chi connectivity index (χ0) is 25.0. The van der Waals surface area contributed by atoms with E-state index in [2.05, 4.69) is 9.62 Å². The Morgan fingerprint density at radius 1 is 0.800 bits per heavy atom. The largest absolute Gasteiger partial charge is 0.342 e. The Labute approximate surface area is 207 Å². The van der Waals surface area contributed by atoms with Crippen molar-refractivity contribution in [3.8, 4) is 0 Å². The van der Waals surface area contributed by atoms with Gasteiger partial charge in [-0.25, -0.2) is 8.42 Å². The molecule has 2 aromatic rings. The molecule has 35 heavy (non-hydrogen) atoms. The number of piperazine rings is 1. The summed E-state index contributed by atoms with van der Waals surface area (Å²) in [5.41, 5.74) is 2.85. The number of carbonyl (C=O) groups is 2. The van der Waals surface area contributed by atoms with E-state index >= 15 is 0 Å². The predicted molar refractivity (Wildman–Crippen MR) is 136 cm³/mol. The van der Waals surface area contributed by atoms with Crippen LogP contribution in [0.25, 0.3) is 0 Å². The molecule has 4 rings (SSSR count). The van der Waals surface area contributed by atoms with Gasteiger partial charge in [-0.2, -0.15) is 0 Å². The summed E-state index contributed by atoms with van der Waals surface area (Å²) in [5.74, 6) is 0.0962. The molecular formula is C26H34N4O4S. The summed E-state index contributed by atoms with van der Waals surface area (Å²) in [4.78, 5) is 31.5. The molecule has 9 heteroatoms. The summed E-state index contributed by atoms with van der Waals surface area (Å²) in [7, 11) is -3.71. The minimum absolute atomic E-state index is 0.0874. The number of anilines is 1. The lowest BCUT2D eigenvalue weighted by Gasteiger charge is -2.36. The van der Waals surface area contributed by atoms with Gasteiger partial charge in [0.15, 0.2) is 0 Å². The number of hydrogen-bond donors (Lipinski definition) is 1. The van der Waals surface area contributed by atoms with Gasteiger partial charge in [0.25, 0.3) is 15.9 Å². The average Bonchev–Trinajstić information content (AvgIpc) is 2.86. The van der Waals surface area contributed by atoms with Crippen LogP contribution in [0.3, 0.4) is 0 Å². The molecule has 8 nitrogen and oxygen atoms in total. The van der Waals surface area contributed by atoms with E-state index in [1.54, 1.807) is 47.4 Å². The van der Waals surface area contributed by atoms with Crippen molar-refractivity contribution in [1.29, 1.82) is 0 Å². The zero-order valence-corrected chi connectivity index (χ0v) is 21.3. The maximum atomic E-state index is 13.0. The van der Waals surface area contributed by atoms with Gasteiger partial charge in [0.1, 0.15) is 0 Å². The third kappa shape index (κ3) is 6.21. The van der Waals surface area contributed by atoms with Gasteiger partial charge in [0.2, 0.25) is 5.91 Å². The first kappa shape index (κ1) is 25.2. The van der Waals surface area contributed by atoms with Crippen LogP contribution in [0.5, 0.6) is 0 Å². The Kier molecular flexibility index (Phi) is 7.76. The van der Waals surface area contributed by atoms with E-state index in [1.807, 2.05) is 18.7 Å². The molecule has 0 spiro atoms. The fraction of sp³-hybridized carbons (Fsp3) is 0.462. The highest BCUT2D eigenvalue weighted by Gasteiger charge is 2.25. The molecule has 188 valence electrons. The number of piperidine rings is 1. The number of carbonyl (C=O) groups excluding carboxylic acids is 2. The lowest BCUT2D eigenvalue weighted by Crippen LogP contribution is -2.52. The highest BCUT2D eigenvalue weighted by molar-refractivity contribution is 7.92. The molecule has 0 atom stereocenters. The quantitative estimate of drug-likeness (QED) is 0.662. The molecule has 1 N–H and O–H groups in total. The average molecular weight is 499 g/mol. The number of likely N-dealkylation sites (tertiary alicyclic amines) is 1. The van der Waals surface area contributed by atoms with Gasteiger partial charge in [0, 0.05) is 50.5 Å². The second-order valence-corrected chi connectivity index (χ2v) is 11.1. The third-order valence-electron chi connectivity index (χ3n) is 6.90. The number of rotatable bonds is 6. The lowest BCUT2D eigenvalue weighted by molar-refractivity contribution is -0.133. The monoisotopic (exact) mass is 498 g/mol. The van der Waals surface area contributed by atoms with Crippen molar-refractivity contribution >= 4 is 27.5 Å². The first-order chi connectivity index (χ1) is 16.7. The Morgan fingerprint density at radius 2 is 1.46 bits per heavy atom. The van der Waals surface area contributed by atoms with Crippen LogP contribution in [0, 0.1) is 13.8 Å². The summed E-state index contributed by atoms with van der Waals surface area (Å²) in [5, 5.41) is 0. The summed E-state index contributed by atoms with van der Waals surface area (Å²) in [6.07, 6.45) is 3.36. The third-order valence-corrected chi connectivity index (χ3v) is 8.28. The fourth-order valence-corrected chi connectivity index (χ4v) is 5.65. The van der Waals surface area contributed by atoms with E-state index in [0.29, 0.717) is 44.0 Å². The van der Waals surface area contributed by atoms with Gasteiger partial charge in [-0.1, -0.05) is 6.07 Å². The van der Waals surface area contributed by atoms with E-state index < -0.39 is 10.0 Å². The Bertz CT molecular complexity index is 1170. The lowest BCUT2D eigenvalue weighted by atomic mass is 10.1. The topological polar surface area (TPSA) is 90.0 Å². The van der Waals surface area contributed by atoms with Crippen molar-refractivity contribution in [3.63, 3.8) is 0 Å². The van der Waals surface area contributed by atoms with Crippen LogP contribution >= 0.6 is 0 Å². The summed E-state index contributed by atoms with van der Waals surface area (Å²) >= 11 is 0. The van der Waals surface area contributed by atoms with E-state index in [4.69, 9.17) is 0 Å². The number of nitrogens with one attached hydrogen (secondary N) is 1. The standard InChI is InChI=1S/C26H34N4O4S/c1-20-6-11-24(18-21(20)2)35(33,34)27-23-9-7-22(8-10-23)26(32)30-16-14-28(15-17-30)19-25(31)29-12-4-3-5-13-29/h6-11,18,27H,3-5,12-17,19H2,1-2H3. The van der Waals surface area contributed by atoms with Crippen molar-refractivity contribution < 1.29 is 18.0 Å². The van der Waals surface area contributed by atoms with Gasteiger partial charge in [0.05, 0.1) is 11.4 Å². The van der Waals surface area contributed by atoms with Crippen LogP contribution in [0.4, 0.5) is 5.69 Å². The molecule has 0 radical (unpaired) electrons. The molecule has 0 aliphatic carbocycles. The maximum Gasteiger partial charge on any atom is 0.261 e. The molecular weight excluding hydrogens is 464 g/mol. The maximum absolute atomic E-state index is 13.0. The number of benzene rings is 2. The van der Waals surface area contributed by atoms with E-state index in [1.165, 1.54) is 6.42 Å². The molecule has 0 unspecified atom stereocenters. The minimum Gasteiger partial charge on any atom is -0.342 e. The minimum atomic E-state index is -3.71. The Morgan fingerprint density at radius 3 is 2.09 bits per heavy atom. The van der Waals surface area contributed by atoms with Gasteiger partial charge in [-0.15, -0.1) is 0 Å². The second kappa shape index (κ2) is 10.8. The predicted octanol–water partition coefficient (Wildman–Crippen LogP) is 2.87. The van der Waals surface area contributed by atoms with Crippen molar-refractivity contribution in [2.24, 2.45) is 0 Å². The number of aryl methyl sites for hydroxylation is 2. The Balaban J connectivity index is 1.30. The molecule has 0 aromatic heterocycles. The SMILES string of the molecule is Cc1ccc(S(=O)(=O)Nc2ccc(C(=O)N3CCN(CC(=O)N4CCCCC4)CC3)cc2)cc1C. The molecule has 0 bridgehead atoms. The van der Waals surface area contributed by atoms with Crippen LogP contribution in [0.15, 0.2) is 47.4 Å². The van der Waals surface area contributed by atoms with Gasteiger partial charge in [-0.05, 0) is 80.6 Å². The van der Waals surface area contributed by atoms with Crippen LogP contribution in [-0.2, 0) is 14.8 Å². The van der Waals surface area contributed by atoms with Gasteiger partial charge in [-0.3, -0.25) is 19.2 Å². The highest BCUT2D eigenvalue weighted by atomic mass is 32.2. The number of sulfonamides is 1. The molecule has 2 amide bonds. The normalized spacial score (nSPS) is 17.3. The van der Waals surface area contributed by atoms with E-state index in [-0.39, 0.29) is 16.7 Å². The second-order valence-electron chi connectivity index (χ2n) is 9.44. The van der Waals surface area contributed by atoms with Gasteiger partial charge >= 0.3 is 0 Å². The van der Waals surface area contributed by atoms with E-state index in [9.17, 15) is 18.0 Å². The zero-order valence-electron chi connectivity index (χ0n) is 20.5. The van der Waals surface area contributed by atoms with Crippen molar-refractivity contribution in [1.82, 2.24) is 14.7 Å². The molecule has 2 saturated heterocycles. The molecule has 2 aliphatic rings. The molecule has 2 aliphatic heterocycles. The van der Waals surface area contributed by atoms with Crippen molar-refractivity contribution in [3.05, 3.63) is 59.2 Å². The van der Waals surface area contributed by atoms with E-state index in [0.717, 1.165) is 37.1 Å². The number of nitrogens with zero attached hydrogens (tertiary/aromatic N) is 3. The fourth-order valence-electron chi connectivity index (χ4n) is 4.50. The summed E-state index contributed by atoms with van der Waals surface area (Å²) < 4.78 is 28.0. The van der Waals surface area contributed by atoms with Crippen LogP contribution in [0.2, 0.25) is 0 Å². The number of amides is 2. The highest BCUT2D eigenvalue weighted by Crippen LogP contribution is 2.20. The molecule has 2 heterocycles. The first-order valence-corrected chi connectivity index (χ1v) is 13.7. The first-order valence-electron chi connectivity index (χ1n) is 12.2. The summed E-state index contributed by atoms with van der Waals surface area (Å²) in [6.45, 7) is 8.39. The summed E-state index contributed by atoms with van der Waals surface area (Å²) in [6, 6.07) is 11.5. The molecule has 2 aromatic carbocycles. The number of hydrogen-bond acceptors (Lipinski definition) is 5. The van der Waals surface area contributed by atoms with Crippen LogP contribution < -0.4 is 4.72 Å². The smallest absolute Gasteiger partial charge is 0.261 e. The van der Waals surface area contributed by atoms with Gasteiger partial charge < -0.3 is 9.80 Å². The molecule has 0 saturated carbocycles. The van der Waals surface area contributed by atoms with Crippen LogP contribution in [0.1, 0.15) is 40.7 Å².